The number of nitrogens with zero attached hydrogens (tertiary/aromatic N) is 3. The van der Waals surface area contributed by atoms with Gasteiger partial charge in [0.2, 0.25) is 0 Å². The summed E-state index contributed by atoms with van der Waals surface area (Å²) in [5.41, 5.74) is 0.794. The number of aliphatic hydroxyl groups excluding tert-OH is 1. The number of nitro groups is 1. The molecule has 0 amide bonds. The molecule has 7 heteroatoms. The van der Waals surface area contributed by atoms with E-state index in [4.69, 9.17) is 4.74 Å². The summed E-state index contributed by atoms with van der Waals surface area (Å²) in [7, 11) is 3.47. The predicted molar refractivity (Wildman–Crippen MR) is 84.6 cm³/mol. The van der Waals surface area contributed by atoms with E-state index >= 15 is 0 Å². The molecule has 2 atom stereocenters. The lowest BCUT2D eigenvalue weighted by Gasteiger charge is -2.41. The molecule has 1 fully saturated rings. The third-order valence-electron chi connectivity index (χ3n) is 4.11. The fraction of sp³-hybridized carbons (Fsp3) is 0.600. The predicted octanol–water partition coefficient (Wildman–Crippen LogP) is 1.49. The Morgan fingerprint density at radius 1 is 1.50 bits per heavy atom. The standard InChI is InChI=1S/C15H23N3O4/c1-11(19)8-13-10-17(7-6-16(13)2)12-4-5-15(22-3)14(9-12)18(20)21/h4-5,9,11,13,19H,6-8,10H2,1-3H3. The van der Waals surface area contributed by atoms with Crippen molar-refractivity contribution in [2.45, 2.75) is 25.5 Å². The molecule has 1 aromatic rings. The van der Waals surface area contributed by atoms with Gasteiger partial charge in [0, 0.05) is 37.4 Å². The summed E-state index contributed by atoms with van der Waals surface area (Å²) in [5.74, 6) is 0.267. The van der Waals surface area contributed by atoms with Crippen LogP contribution in [0.1, 0.15) is 13.3 Å². The Morgan fingerprint density at radius 3 is 2.82 bits per heavy atom. The minimum Gasteiger partial charge on any atom is -0.490 e. The van der Waals surface area contributed by atoms with Crippen LogP contribution in [-0.4, -0.2) is 60.9 Å². The zero-order valence-electron chi connectivity index (χ0n) is 13.2. The van der Waals surface area contributed by atoms with Gasteiger partial charge in [-0.2, -0.15) is 0 Å². The van der Waals surface area contributed by atoms with Crippen LogP contribution in [0.5, 0.6) is 5.75 Å². The van der Waals surface area contributed by atoms with E-state index in [0.717, 1.165) is 25.3 Å². The highest BCUT2D eigenvalue weighted by molar-refractivity contribution is 5.60. The highest BCUT2D eigenvalue weighted by atomic mass is 16.6. The number of likely N-dealkylation sites (N-methyl/N-ethyl adjacent to an activating group) is 1. The van der Waals surface area contributed by atoms with Gasteiger partial charge in [-0.05, 0) is 32.5 Å². The van der Waals surface area contributed by atoms with Crippen LogP contribution >= 0.6 is 0 Å². The van der Waals surface area contributed by atoms with Gasteiger partial charge in [0.05, 0.1) is 18.1 Å². The molecule has 1 aliphatic rings. The number of methoxy groups -OCH3 is 1. The van der Waals surface area contributed by atoms with Gasteiger partial charge in [-0.15, -0.1) is 0 Å². The fourth-order valence-electron chi connectivity index (χ4n) is 2.85. The second kappa shape index (κ2) is 6.93. The van der Waals surface area contributed by atoms with Crippen molar-refractivity contribution < 1.29 is 14.8 Å². The monoisotopic (exact) mass is 309 g/mol. The SMILES string of the molecule is COc1ccc(N2CCN(C)C(CC(C)O)C2)cc1[N+](=O)[O-]. The summed E-state index contributed by atoms with van der Waals surface area (Å²) in [6, 6.07) is 5.27. The lowest BCUT2D eigenvalue weighted by molar-refractivity contribution is -0.385. The Morgan fingerprint density at radius 2 is 2.23 bits per heavy atom. The van der Waals surface area contributed by atoms with E-state index in [9.17, 15) is 15.2 Å². The maximum atomic E-state index is 11.1. The molecule has 22 heavy (non-hydrogen) atoms. The van der Waals surface area contributed by atoms with Gasteiger partial charge in [-0.25, -0.2) is 0 Å². The maximum Gasteiger partial charge on any atom is 0.312 e. The Balaban J connectivity index is 2.20. The zero-order chi connectivity index (χ0) is 16.3. The van der Waals surface area contributed by atoms with E-state index in [1.165, 1.54) is 7.11 Å². The fourth-order valence-corrected chi connectivity index (χ4v) is 2.85. The number of anilines is 1. The number of aliphatic hydroxyl groups is 1. The molecular formula is C15H23N3O4. The number of nitro benzene ring substituents is 1. The third kappa shape index (κ3) is 3.66. The normalized spacial score (nSPS) is 20.7. The first kappa shape index (κ1) is 16.5. The Kier molecular flexibility index (Phi) is 5.20. The summed E-state index contributed by atoms with van der Waals surface area (Å²) < 4.78 is 5.04. The molecule has 1 saturated heterocycles. The number of rotatable bonds is 5. The molecule has 2 rings (SSSR count). The van der Waals surface area contributed by atoms with E-state index < -0.39 is 4.92 Å². The van der Waals surface area contributed by atoms with E-state index in [1.807, 2.05) is 13.1 Å². The van der Waals surface area contributed by atoms with Crippen molar-refractivity contribution in [2.75, 3.05) is 38.7 Å². The highest BCUT2D eigenvalue weighted by Crippen LogP contribution is 2.32. The van der Waals surface area contributed by atoms with Crippen LogP contribution in [0.3, 0.4) is 0 Å². The van der Waals surface area contributed by atoms with Gasteiger partial charge in [0.25, 0.3) is 0 Å². The quantitative estimate of drug-likeness (QED) is 0.656. The third-order valence-corrected chi connectivity index (χ3v) is 4.11. The van der Waals surface area contributed by atoms with Crippen LogP contribution in [0.15, 0.2) is 18.2 Å². The van der Waals surface area contributed by atoms with Gasteiger partial charge in [0.15, 0.2) is 5.75 Å². The van der Waals surface area contributed by atoms with E-state index in [2.05, 4.69) is 9.80 Å². The van der Waals surface area contributed by atoms with Crippen LogP contribution in [0.2, 0.25) is 0 Å². The molecule has 1 heterocycles. The van der Waals surface area contributed by atoms with E-state index in [1.54, 1.807) is 19.1 Å². The largest absolute Gasteiger partial charge is 0.490 e. The minimum absolute atomic E-state index is 0.0222. The molecule has 122 valence electrons. The Bertz CT molecular complexity index is 536. The maximum absolute atomic E-state index is 11.1. The minimum atomic E-state index is -0.425. The number of piperazine rings is 1. The first-order chi connectivity index (χ1) is 10.4. The number of ether oxygens (including phenoxy) is 1. The van der Waals surface area contributed by atoms with Crippen LogP contribution in [0.25, 0.3) is 0 Å². The van der Waals surface area contributed by atoms with Crippen molar-refractivity contribution in [3.8, 4) is 5.75 Å². The zero-order valence-corrected chi connectivity index (χ0v) is 13.2. The second-order valence-corrected chi connectivity index (χ2v) is 5.78. The summed E-state index contributed by atoms with van der Waals surface area (Å²) in [6.45, 7) is 4.18. The molecule has 0 saturated carbocycles. The molecule has 0 radical (unpaired) electrons. The van der Waals surface area contributed by atoms with Gasteiger partial charge in [0.1, 0.15) is 0 Å². The molecule has 2 unspecified atom stereocenters. The highest BCUT2D eigenvalue weighted by Gasteiger charge is 2.27. The molecule has 1 aromatic carbocycles. The Hall–Kier alpha value is -1.86. The summed E-state index contributed by atoms with van der Waals surface area (Å²) in [4.78, 5) is 15.1. The van der Waals surface area contributed by atoms with Crippen LogP contribution < -0.4 is 9.64 Å². The second-order valence-electron chi connectivity index (χ2n) is 5.78. The van der Waals surface area contributed by atoms with Crippen molar-refractivity contribution in [2.24, 2.45) is 0 Å². The van der Waals surface area contributed by atoms with Crippen molar-refractivity contribution in [1.82, 2.24) is 4.90 Å². The van der Waals surface area contributed by atoms with Crippen molar-refractivity contribution in [3.63, 3.8) is 0 Å². The molecule has 7 nitrogen and oxygen atoms in total. The molecular weight excluding hydrogens is 286 g/mol. The number of hydrogen-bond donors (Lipinski definition) is 1. The summed E-state index contributed by atoms with van der Waals surface area (Å²) in [5, 5.41) is 20.8. The first-order valence-electron chi connectivity index (χ1n) is 7.38. The van der Waals surface area contributed by atoms with E-state index in [0.29, 0.717) is 6.42 Å². The van der Waals surface area contributed by atoms with Crippen LogP contribution in [0, 0.1) is 10.1 Å². The van der Waals surface area contributed by atoms with E-state index in [-0.39, 0.29) is 23.6 Å². The van der Waals surface area contributed by atoms with Crippen LogP contribution in [-0.2, 0) is 0 Å². The number of hydrogen-bond acceptors (Lipinski definition) is 6. The summed E-state index contributed by atoms with van der Waals surface area (Å²) >= 11 is 0. The topological polar surface area (TPSA) is 79.1 Å². The first-order valence-corrected chi connectivity index (χ1v) is 7.38. The average molecular weight is 309 g/mol. The Labute approximate surface area is 130 Å². The molecule has 0 aromatic heterocycles. The lowest BCUT2D eigenvalue weighted by Crippen LogP contribution is -2.52. The van der Waals surface area contributed by atoms with Gasteiger partial charge < -0.3 is 14.7 Å². The molecule has 1 N–H and O–H groups in total. The smallest absolute Gasteiger partial charge is 0.312 e. The molecule has 0 spiro atoms. The van der Waals surface area contributed by atoms with Crippen LogP contribution in [0.4, 0.5) is 11.4 Å². The van der Waals surface area contributed by atoms with Crippen molar-refractivity contribution >= 4 is 11.4 Å². The molecule has 0 aliphatic carbocycles. The summed E-state index contributed by atoms with van der Waals surface area (Å²) in [6.07, 6.45) is 0.322. The van der Waals surface area contributed by atoms with Gasteiger partial charge >= 0.3 is 5.69 Å². The van der Waals surface area contributed by atoms with Crippen molar-refractivity contribution in [3.05, 3.63) is 28.3 Å². The average Bonchev–Trinajstić information content (AvgIpc) is 2.48. The lowest BCUT2D eigenvalue weighted by atomic mass is 10.1. The molecule has 1 aliphatic heterocycles. The number of benzene rings is 1. The van der Waals surface area contributed by atoms with Gasteiger partial charge in [-0.1, -0.05) is 0 Å². The van der Waals surface area contributed by atoms with Crippen molar-refractivity contribution in [1.29, 1.82) is 0 Å². The van der Waals surface area contributed by atoms with Gasteiger partial charge in [-0.3, -0.25) is 15.0 Å². The molecule has 0 bridgehead atoms.